The SMILES string of the molecule is CCOC(=O)C1=C(C)Nc2nc(-c3cccnc3)nn2C1c1ccc(Cl)c(Cl)c1. The smallest absolute Gasteiger partial charge is 0.338 e. The molecule has 0 radical (unpaired) electrons. The number of allylic oxidation sites excluding steroid dienone is 1. The third kappa shape index (κ3) is 3.59. The highest BCUT2D eigenvalue weighted by Crippen LogP contribution is 2.38. The molecule has 4 rings (SSSR count). The van der Waals surface area contributed by atoms with E-state index >= 15 is 0 Å². The van der Waals surface area contributed by atoms with Gasteiger partial charge in [0.1, 0.15) is 6.04 Å². The summed E-state index contributed by atoms with van der Waals surface area (Å²) in [5.41, 5.74) is 2.57. The Labute approximate surface area is 177 Å². The number of nitrogens with zero attached hydrogens (tertiary/aromatic N) is 4. The molecule has 0 spiro atoms. The number of pyridine rings is 1. The average molecular weight is 430 g/mol. The number of rotatable bonds is 4. The van der Waals surface area contributed by atoms with E-state index in [1.54, 1.807) is 43.1 Å². The van der Waals surface area contributed by atoms with Crippen LogP contribution in [0, 0.1) is 0 Å². The molecule has 3 aromatic rings. The van der Waals surface area contributed by atoms with Crippen molar-refractivity contribution >= 4 is 35.1 Å². The normalized spacial score (nSPS) is 15.7. The van der Waals surface area contributed by atoms with Gasteiger partial charge in [-0.2, -0.15) is 4.98 Å². The van der Waals surface area contributed by atoms with Crippen LogP contribution >= 0.6 is 23.2 Å². The van der Waals surface area contributed by atoms with E-state index in [-0.39, 0.29) is 6.61 Å². The van der Waals surface area contributed by atoms with Gasteiger partial charge in [0.05, 0.1) is 22.2 Å². The fourth-order valence-corrected chi connectivity index (χ4v) is 3.54. The van der Waals surface area contributed by atoms with Gasteiger partial charge in [0.15, 0.2) is 5.82 Å². The summed E-state index contributed by atoms with van der Waals surface area (Å²) in [6.07, 6.45) is 3.36. The molecule has 1 aliphatic rings. The summed E-state index contributed by atoms with van der Waals surface area (Å²) in [4.78, 5) is 21.5. The number of aromatic nitrogens is 4. The summed E-state index contributed by atoms with van der Waals surface area (Å²) in [5, 5.41) is 8.61. The zero-order chi connectivity index (χ0) is 20.5. The van der Waals surface area contributed by atoms with Crippen LogP contribution in [-0.2, 0) is 9.53 Å². The number of carbonyl (C=O) groups excluding carboxylic acids is 1. The van der Waals surface area contributed by atoms with Crippen molar-refractivity contribution in [2.75, 3.05) is 11.9 Å². The van der Waals surface area contributed by atoms with Crippen molar-refractivity contribution in [3.8, 4) is 11.4 Å². The first-order valence-corrected chi connectivity index (χ1v) is 9.72. The van der Waals surface area contributed by atoms with Crippen molar-refractivity contribution in [1.29, 1.82) is 0 Å². The number of nitrogens with one attached hydrogen (secondary N) is 1. The highest BCUT2D eigenvalue weighted by atomic mass is 35.5. The van der Waals surface area contributed by atoms with Gasteiger partial charge in [0.2, 0.25) is 5.95 Å². The van der Waals surface area contributed by atoms with Gasteiger partial charge in [0, 0.05) is 23.7 Å². The van der Waals surface area contributed by atoms with Crippen LogP contribution in [0.2, 0.25) is 10.0 Å². The highest BCUT2D eigenvalue weighted by molar-refractivity contribution is 6.42. The van der Waals surface area contributed by atoms with Crippen LogP contribution in [0.15, 0.2) is 54.0 Å². The maximum absolute atomic E-state index is 12.8. The van der Waals surface area contributed by atoms with E-state index in [1.165, 1.54) is 0 Å². The van der Waals surface area contributed by atoms with E-state index in [9.17, 15) is 4.79 Å². The third-order valence-corrected chi connectivity index (χ3v) is 5.27. The minimum atomic E-state index is -0.571. The molecule has 0 saturated carbocycles. The molecule has 0 amide bonds. The molecule has 148 valence electrons. The minimum absolute atomic E-state index is 0.259. The maximum Gasteiger partial charge on any atom is 0.338 e. The van der Waals surface area contributed by atoms with Crippen molar-refractivity contribution < 1.29 is 9.53 Å². The summed E-state index contributed by atoms with van der Waals surface area (Å²) >= 11 is 12.3. The zero-order valence-corrected chi connectivity index (χ0v) is 17.2. The third-order valence-electron chi connectivity index (χ3n) is 4.53. The second kappa shape index (κ2) is 7.85. The molecule has 9 heteroatoms. The molecule has 2 aromatic heterocycles. The van der Waals surface area contributed by atoms with Crippen LogP contribution < -0.4 is 5.32 Å². The molecule has 0 fully saturated rings. The van der Waals surface area contributed by atoms with Crippen LogP contribution in [-0.4, -0.2) is 32.3 Å². The molecule has 0 saturated heterocycles. The second-order valence-corrected chi connectivity index (χ2v) is 7.22. The molecule has 3 heterocycles. The molecule has 29 heavy (non-hydrogen) atoms. The van der Waals surface area contributed by atoms with Gasteiger partial charge in [-0.1, -0.05) is 29.3 Å². The second-order valence-electron chi connectivity index (χ2n) is 6.41. The zero-order valence-electron chi connectivity index (χ0n) is 15.7. The Balaban J connectivity index is 1.88. The average Bonchev–Trinajstić information content (AvgIpc) is 3.13. The minimum Gasteiger partial charge on any atom is -0.463 e. The lowest BCUT2D eigenvalue weighted by molar-refractivity contribution is -0.139. The lowest BCUT2D eigenvalue weighted by atomic mass is 9.96. The van der Waals surface area contributed by atoms with Gasteiger partial charge in [-0.3, -0.25) is 4.98 Å². The van der Waals surface area contributed by atoms with Crippen molar-refractivity contribution in [2.45, 2.75) is 19.9 Å². The van der Waals surface area contributed by atoms with Gasteiger partial charge >= 0.3 is 5.97 Å². The Morgan fingerprint density at radius 1 is 1.28 bits per heavy atom. The van der Waals surface area contributed by atoms with Crippen LogP contribution in [0.1, 0.15) is 25.5 Å². The molecule has 1 N–H and O–H groups in total. The summed E-state index contributed by atoms with van der Waals surface area (Å²) in [6, 6.07) is 8.34. The van der Waals surface area contributed by atoms with E-state index in [0.29, 0.717) is 33.1 Å². The molecular formula is C20H17Cl2N5O2. The summed E-state index contributed by atoms with van der Waals surface area (Å²) < 4.78 is 6.95. The van der Waals surface area contributed by atoms with Crippen LogP contribution in [0.3, 0.4) is 0 Å². The topological polar surface area (TPSA) is 81.9 Å². The van der Waals surface area contributed by atoms with Crippen LogP contribution in [0.25, 0.3) is 11.4 Å². The van der Waals surface area contributed by atoms with Crippen LogP contribution in [0.4, 0.5) is 5.95 Å². The van der Waals surface area contributed by atoms with Gasteiger partial charge in [-0.05, 0) is 43.7 Å². The Bertz CT molecular complexity index is 1110. The number of halogens is 2. The number of esters is 1. The lowest BCUT2D eigenvalue weighted by Crippen LogP contribution is -2.29. The molecule has 1 aliphatic heterocycles. The Morgan fingerprint density at radius 2 is 2.10 bits per heavy atom. The molecule has 7 nitrogen and oxygen atoms in total. The largest absolute Gasteiger partial charge is 0.463 e. The van der Waals surface area contributed by atoms with E-state index < -0.39 is 12.0 Å². The van der Waals surface area contributed by atoms with E-state index in [0.717, 1.165) is 11.1 Å². The summed E-state index contributed by atoms with van der Waals surface area (Å²) in [6.45, 7) is 3.83. The van der Waals surface area contributed by atoms with E-state index in [2.05, 4.69) is 20.4 Å². The highest BCUT2D eigenvalue weighted by Gasteiger charge is 2.35. The fraction of sp³-hybridized carbons (Fsp3) is 0.200. The number of hydrogen-bond acceptors (Lipinski definition) is 6. The molecule has 1 atom stereocenters. The maximum atomic E-state index is 12.8. The van der Waals surface area contributed by atoms with Gasteiger partial charge < -0.3 is 10.1 Å². The quantitative estimate of drug-likeness (QED) is 0.614. The monoisotopic (exact) mass is 429 g/mol. The van der Waals surface area contributed by atoms with E-state index in [1.807, 2.05) is 18.2 Å². The Morgan fingerprint density at radius 3 is 2.79 bits per heavy atom. The molecule has 0 aliphatic carbocycles. The fourth-order valence-electron chi connectivity index (χ4n) is 3.23. The van der Waals surface area contributed by atoms with Gasteiger partial charge in [0.25, 0.3) is 0 Å². The molecule has 1 unspecified atom stereocenters. The molecule has 0 bridgehead atoms. The Kier molecular flexibility index (Phi) is 5.25. The first kappa shape index (κ1) is 19.4. The summed E-state index contributed by atoms with van der Waals surface area (Å²) in [5.74, 6) is 0.562. The number of anilines is 1. The van der Waals surface area contributed by atoms with Gasteiger partial charge in [-0.25, -0.2) is 9.48 Å². The summed E-state index contributed by atoms with van der Waals surface area (Å²) in [7, 11) is 0. The standard InChI is InChI=1S/C20H17Cl2N5O2/c1-3-29-19(28)16-11(2)24-20-25-18(13-5-4-8-23-10-13)26-27(20)17(16)12-6-7-14(21)15(22)9-12/h4-10,17H,3H2,1-2H3,(H,24,25,26). The van der Waals surface area contributed by atoms with Crippen molar-refractivity contribution in [1.82, 2.24) is 19.7 Å². The number of hydrogen-bond donors (Lipinski definition) is 1. The Hall–Kier alpha value is -2.90. The number of carbonyl (C=O) groups is 1. The number of ether oxygens (including phenoxy) is 1. The van der Waals surface area contributed by atoms with Crippen molar-refractivity contribution in [3.05, 3.63) is 69.6 Å². The first-order valence-electron chi connectivity index (χ1n) is 8.96. The molecular weight excluding hydrogens is 413 g/mol. The molecule has 1 aromatic carbocycles. The number of benzene rings is 1. The van der Waals surface area contributed by atoms with Crippen molar-refractivity contribution in [3.63, 3.8) is 0 Å². The first-order chi connectivity index (χ1) is 14.0. The van der Waals surface area contributed by atoms with Gasteiger partial charge in [-0.15, -0.1) is 5.10 Å². The van der Waals surface area contributed by atoms with Crippen molar-refractivity contribution in [2.24, 2.45) is 0 Å². The van der Waals surface area contributed by atoms with Crippen LogP contribution in [0.5, 0.6) is 0 Å². The van der Waals surface area contributed by atoms with E-state index in [4.69, 9.17) is 27.9 Å². The number of fused-ring (bicyclic) bond motifs is 1. The predicted molar refractivity (Wildman–Crippen MR) is 111 cm³/mol. The predicted octanol–water partition coefficient (Wildman–Crippen LogP) is 4.50. The lowest BCUT2D eigenvalue weighted by Gasteiger charge is -2.28.